The van der Waals surface area contributed by atoms with Crippen LogP contribution in [0.15, 0.2) is 18.5 Å². The number of nitrogen functional groups attached to an aromatic ring is 1. The lowest BCUT2D eigenvalue weighted by Gasteiger charge is -2.41. The van der Waals surface area contributed by atoms with Crippen molar-refractivity contribution >= 4 is 5.69 Å². The minimum absolute atomic E-state index is 0.325. The van der Waals surface area contributed by atoms with Crippen molar-refractivity contribution < 1.29 is 5.11 Å². The fourth-order valence-corrected chi connectivity index (χ4v) is 2.86. The fourth-order valence-electron chi connectivity index (χ4n) is 2.86. The average Bonchev–Trinajstić information content (AvgIpc) is 2.28. The number of aliphatic hydroxyl groups is 1. The van der Waals surface area contributed by atoms with Crippen molar-refractivity contribution in [2.24, 2.45) is 11.8 Å². The van der Waals surface area contributed by atoms with E-state index in [2.05, 4.69) is 18.8 Å². The molecule has 1 aliphatic carbocycles. The molecule has 0 spiro atoms. The molecule has 1 heterocycles. The van der Waals surface area contributed by atoms with E-state index in [1.54, 1.807) is 18.5 Å². The molecule has 0 saturated heterocycles. The van der Waals surface area contributed by atoms with Crippen LogP contribution < -0.4 is 5.73 Å². The van der Waals surface area contributed by atoms with E-state index in [4.69, 9.17) is 5.73 Å². The third-order valence-electron chi connectivity index (χ3n) is 4.18. The summed E-state index contributed by atoms with van der Waals surface area (Å²) >= 11 is 0. The molecule has 1 aromatic rings. The van der Waals surface area contributed by atoms with E-state index in [1.165, 1.54) is 0 Å². The van der Waals surface area contributed by atoms with Crippen LogP contribution >= 0.6 is 0 Å². The van der Waals surface area contributed by atoms with Crippen molar-refractivity contribution in [3.8, 4) is 0 Å². The first-order chi connectivity index (χ1) is 8.01. The van der Waals surface area contributed by atoms with E-state index in [-0.39, 0.29) is 0 Å². The van der Waals surface area contributed by atoms with Crippen LogP contribution in [-0.4, -0.2) is 15.7 Å². The normalized spacial score (nSPS) is 33.6. The summed E-state index contributed by atoms with van der Waals surface area (Å²) in [7, 11) is 0. The van der Waals surface area contributed by atoms with E-state index in [1.807, 2.05) is 0 Å². The van der Waals surface area contributed by atoms with Crippen LogP contribution in [0.25, 0.3) is 0 Å². The molecule has 94 valence electrons. The molecular weight excluding hydrogens is 212 g/mol. The van der Waals surface area contributed by atoms with Crippen LogP contribution in [0.4, 0.5) is 5.69 Å². The Hall–Kier alpha value is -1.09. The zero-order valence-corrected chi connectivity index (χ0v) is 10.7. The van der Waals surface area contributed by atoms with Gasteiger partial charge in [-0.05, 0) is 42.7 Å². The monoisotopic (exact) mass is 234 g/mol. The molecule has 2 rings (SSSR count). The van der Waals surface area contributed by atoms with Gasteiger partial charge >= 0.3 is 0 Å². The van der Waals surface area contributed by atoms with E-state index in [0.29, 0.717) is 12.3 Å². The van der Waals surface area contributed by atoms with Crippen molar-refractivity contribution in [1.29, 1.82) is 0 Å². The van der Waals surface area contributed by atoms with Crippen LogP contribution in [0.3, 0.4) is 0 Å². The molecule has 0 bridgehead atoms. The molecule has 1 saturated carbocycles. The van der Waals surface area contributed by atoms with E-state index in [0.717, 1.165) is 36.4 Å². The number of nitrogens with two attached hydrogens (primary N) is 1. The summed E-state index contributed by atoms with van der Waals surface area (Å²) in [6.45, 7) is 4.40. The molecule has 0 aromatic carbocycles. The summed E-state index contributed by atoms with van der Waals surface area (Å²) in [6.07, 6.45) is 7.15. The van der Waals surface area contributed by atoms with E-state index in [9.17, 15) is 5.11 Å². The molecule has 1 aromatic heterocycles. The van der Waals surface area contributed by atoms with Crippen molar-refractivity contribution in [2.75, 3.05) is 5.73 Å². The van der Waals surface area contributed by atoms with Crippen molar-refractivity contribution in [3.63, 3.8) is 0 Å². The fraction of sp³-hybridized carbons (Fsp3) is 0.643. The number of anilines is 1. The summed E-state index contributed by atoms with van der Waals surface area (Å²) in [6, 6.07) is 1.80. The summed E-state index contributed by atoms with van der Waals surface area (Å²) < 4.78 is 0. The Morgan fingerprint density at radius 2 is 2.29 bits per heavy atom. The first kappa shape index (κ1) is 12.4. The third-order valence-corrected chi connectivity index (χ3v) is 4.18. The summed E-state index contributed by atoms with van der Waals surface area (Å²) in [4.78, 5) is 4.09. The predicted octanol–water partition coefficient (Wildman–Crippen LogP) is 2.39. The Morgan fingerprint density at radius 3 is 2.94 bits per heavy atom. The Balaban J connectivity index is 2.15. The van der Waals surface area contributed by atoms with E-state index >= 15 is 0 Å². The van der Waals surface area contributed by atoms with Gasteiger partial charge in [0.15, 0.2) is 0 Å². The highest BCUT2D eigenvalue weighted by Crippen LogP contribution is 2.39. The van der Waals surface area contributed by atoms with Gasteiger partial charge in [-0.15, -0.1) is 0 Å². The zero-order chi connectivity index (χ0) is 12.5. The van der Waals surface area contributed by atoms with Gasteiger partial charge in [0, 0.05) is 24.5 Å². The molecule has 3 heteroatoms. The van der Waals surface area contributed by atoms with Gasteiger partial charge < -0.3 is 10.8 Å². The van der Waals surface area contributed by atoms with Crippen molar-refractivity contribution in [2.45, 2.75) is 45.1 Å². The molecule has 3 atom stereocenters. The number of hydrogen-bond donors (Lipinski definition) is 2. The highest BCUT2D eigenvalue weighted by Gasteiger charge is 2.38. The summed E-state index contributed by atoms with van der Waals surface area (Å²) in [5.74, 6) is 1.04. The number of nitrogens with zero attached hydrogens (tertiary/aromatic N) is 1. The maximum atomic E-state index is 10.8. The van der Waals surface area contributed by atoms with Crippen LogP contribution in [0.2, 0.25) is 0 Å². The molecule has 0 amide bonds. The second kappa shape index (κ2) is 4.65. The van der Waals surface area contributed by atoms with Crippen LogP contribution in [0.5, 0.6) is 0 Å². The number of aromatic nitrogens is 1. The van der Waals surface area contributed by atoms with Gasteiger partial charge in [-0.2, -0.15) is 0 Å². The maximum Gasteiger partial charge on any atom is 0.0714 e. The second-order valence-electron chi connectivity index (χ2n) is 5.64. The number of rotatable bonds is 2. The van der Waals surface area contributed by atoms with Gasteiger partial charge in [-0.3, -0.25) is 4.98 Å². The molecule has 1 aliphatic rings. The average molecular weight is 234 g/mol. The van der Waals surface area contributed by atoms with Crippen LogP contribution in [0.1, 0.15) is 38.7 Å². The van der Waals surface area contributed by atoms with Crippen LogP contribution in [0, 0.1) is 11.8 Å². The Morgan fingerprint density at radius 1 is 1.53 bits per heavy atom. The van der Waals surface area contributed by atoms with Gasteiger partial charge in [0.1, 0.15) is 0 Å². The van der Waals surface area contributed by atoms with Gasteiger partial charge in [0.2, 0.25) is 0 Å². The summed E-state index contributed by atoms with van der Waals surface area (Å²) in [5, 5.41) is 10.8. The first-order valence-corrected chi connectivity index (χ1v) is 6.42. The second-order valence-corrected chi connectivity index (χ2v) is 5.64. The smallest absolute Gasteiger partial charge is 0.0714 e. The molecule has 0 aliphatic heterocycles. The van der Waals surface area contributed by atoms with Gasteiger partial charge in [-0.25, -0.2) is 0 Å². The topological polar surface area (TPSA) is 59.1 Å². The highest BCUT2D eigenvalue weighted by atomic mass is 16.3. The van der Waals surface area contributed by atoms with Gasteiger partial charge in [-0.1, -0.05) is 13.8 Å². The molecule has 0 radical (unpaired) electrons. The van der Waals surface area contributed by atoms with Gasteiger partial charge in [0.25, 0.3) is 0 Å². The third kappa shape index (κ3) is 2.60. The standard InChI is InChI=1S/C14H22N2O/c1-10-3-5-14(17,11(2)7-10)8-12-9-16-6-4-13(12)15/h4,6,9-11,17H,3,5,7-8H2,1-2H3,(H2,15,16). The zero-order valence-electron chi connectivity index (χ0n) is 10.7. The van der Waals surface area contributed by atoms with Gasteiger partial charge in [0.05, 0.1) is 5.60 Å². The number of hydrogen-bond acceptors (Lipinski definition) is 3. The maximum absolute atomic E-state index is 10.8. The lowest BCUT2D eigenvalue weighted by atomic mass is 9.70. The molecule has 3 N–H and O–H groups in total. The first-order valence-electron chi connectivity index (χ1n) is 6.42. The summed E-state index contributed by atoms with van der Waals surface area (Å²) in [5.41, 5.74) is 7.02. The SMILES string of the molecule is CC1CCC(O)(Cc2cnccc2N)C(C)C1. The molecule has 1 fully saturated rings. The molecular formula is C14H22N2O. The molecule has 3 nitrogen and oxygen atoms in total. The Kier molecular flexibility index (Phi) is 3.38. The van der Waals surface area contributed by atoms with Crippen LogP contribution in [-0.2, 0) is 6.42 Å². The minimum Gasteiger partial charge on any atom is -0.398 e. The lowest BCUT2D eigenvalue weighted by molar-refractivity contribution is -0.0521. The Bertz CT molecular complexity index is 394. The largest absolute Gasteiger partial charge is 0.398 e. The Labute approximate surface area is 103 Å². The number of pyridine rings is 1. The van der Waals surface area contributed by atoms with Crippen molar-refractivity contribution in [1.82, 2.24) is 4.98 Å². The molecule has 17 heavy (non-hydrogen) atoms. The minimum atomic E-state index is -0.607. The van der Waals surface area contributed by atoms with Crippen molar-refractivity contribution in [3.05, 3.63) is 24.0 Å². The lowest BCUT2D eigenvalue weighted by Crippen LogP contribution is -2.43. The predicted molar refractivity (Wildman–Crippen MR) is 69.5 cm³/mol. The van der Waals surface area contributed by atoms with E-state index < -0.39 is 5.60 Å². The quantitative estimate of drug-likeness (QED) is 0.826. The molecule has 3 unspecified atom stereocenters. The highest BCUT2D eigenvalue weighted by molar-refractivity contribution is 5.45.